The lowest BCUT2D eigenvalue weighted by Gasteiger charge is -2.09. The summed E-state index contributed by atoms with van der Waals surface area (Å²) in [5.41, 5.74) is 3.85. The van der Waals surface area contributed by atoms with Crippen LogP contribution in [0.3, 0.4) is 0 Å². The number of fused-ring (bicyclic) bond motifs is 1. The zero-order valence-corrected chi connectivity index (χ0v) is 16.9. The molecule has 0 bridgehead atoms. The minimum absolute atomic E-state index is 0.219. The van der Waals surface area contributed by atoms with Gasteiger partial charge in [-0.2, -0.15) is 5.10 Å². The number of pyridine rings is 1. The highest BCUT2D eigenvalue weighted by molar-refractivity contribution is 6.06. The summed E-state index contributed by atoms with van der Waals surface area (Å²) in [6.07, 6.45) is 0. The molecular weight excluding hydrogens is 383 g/mol. The van der Waals surface area contributed by atoms with Crippen LogP contribution in [0, 0.1) is 19.7 Å². The van der Waals surface area contributed by atoms with Crippen LogP contribution in [0.15, 0.2) is 54.6 Å². The van der Waals surface area contributed by atoms with Crippen molar-refractivity contribution in [1.29, 1.82) is 0 Å². The van der Waals surface area contributed by atoms with Crippen LogP contribution >= 0.6 is 0 Å². The zero-order valence-electron chi connectivity index (χ0n) is 16.9. The standard InChI is InChI=1S/C23H21FN4O2/c1-14-11-20(23(29)25-13-16-7-9-19(30-3)10-8-16)21-15(2)27-28(22(21)26-14)18-6-4-5-17(24)12-18/h4-12H,13H2,1-3H3,(H,25,29). The minimum Gasteiger partial charge on any atom is -0.497 e. The van der Waals surface area contributed by atoms with Crippen LogP contribution in [0.1, 0.15) is 27.3 Å². The topological polar surface area (TPSA) is 69.0 Å². The van der Waals surface area contributed by atoms with Crippen molar-refractivity contribution in [2.45, 2.75) is 20.4 Å². The second-order valence-corrected chi connectivity index (χ2v) is 7.02. The van der Waals surface area contributed by atoms with Crippen LogP contribution in [-0.4, -0.2) is 27.8 Å². The molecule has 4 aromatic rings. The quantitative estimate of drug-likeness (QED) is 0.543. The van der Waals surface area contributed by atoms with E-state index in [0.717, 1.165) is 11.3 Å². The number of aryl methyl sites for hydroxylation is 2. The molecule has 0 unspecified atom stereocenters. The summed E-state index contributed by atoms with van der Waals surface area (Å²) in [6, 6.07) is 15.4. The van der Waals surface area contributed by atoms with E-state index in [9.17, 15) is 9.18 Å². The third-order valence-corrected chi connectivity index (χ3v) is 4.85. The van der Waals surface area contributed by atoms with Crippen molar-refractivity contribution in [3.63, 3.8) is 0 Å². The first-order chi connectivity index (χ1) is 14.5. The van der Waals surface area contributed by atoms with Gasteiger partial charge in [-0.3, -0.25) is 4.79 Å². The fourth-order valence-corrected chi connectivity index (χ4v) is 3.40. The van der Waals surface area contributed by atoms with E-state index in [1.165, 1.54) is 12.1 Å². The van der Waals surface area contributed by atoms with Crippen molar-refractivity contribution in [3.8, 4) is 11.4 Å². The Morgan fingerprint density at radius 2 is 1.90 bits per heavy atom. The maximum Gasteiger partial charge on any atom is 0.252 e. The van der Waals surface area contributed by atoms with Crippen LogP contribution in [0.2, 0.25) is 0 Å². The Morgan fingerprint density at radius 1 is 1.13 bits per heavy atom. The molecule has 0 aliphatic carbocycles. The molecule has 0 atom stereocenters. The molecule has 1 amide bonds. The Balaban J connectivity index is 1.69. The molecule has 30 heavy (non-hydrogen) atoms. The lowest BCUT2D eigenvalue weighted by Crippen LogP contribution is -2.23. The second kappa shape index (κ2) is 7.94. The third kappa shape index (κ3) is 3.74. The number of ether oxygens (including phenoxy) is 1. The van der Waals surface area contributed by atoms with Gasteiger partial charge in [-0.25, -0.2) is 14.1 Å². The number of benzene rings is 2. The normalized spacial score (nSPS) is 10.9. The van der Waals surface area contributed by atoms with Crippen LogP contribution < -0.4 is 10.1 Å². The van der Waals surface area contributed by atoms with Gasteiger partial charge in [0.2, 0.25) is 0 Å². The van der Waals surface area contributed by atoms with E-state index in [1.807, 2.05) is 38.1 Å². The Hall–Kier alpha value is -3.74. The van der Waals surface area contributed by atoms with Gasteiger partial charge in [0.15, 0.2) is 5.65 Å². The molecule has 1 N–H and O–H groups in total. The first-order valence-corrected chi connectivity index (χ1v) is 9.50. The van der Waals surface area contributed by atoms with Crippen molar-refractivity contribution < 1.29 is 13.9 Å². The van der Waals surface area contributed by atoms with Crippen molar-refractivity contribution in [3.05, 3.63) is 82.9 Å². The summed E-state index contributed by atoms with van der Waals surface area (Å²) in [5.74, 6) is 0.180. The lowest BCUT2D eigenvalue weighted by molar-refractivity contribution is 0.0952. The summed E-state index contributed by atoms with van der Waals surface area (Å²) in [5, 5.41) is 8.12. The number of hydrogen-bond donors (Lipinski definition) is 1. The van der Waals surface area contributed by atoms with Gasteiger partial charge in [0.1, 0.15) is 11.6 Å². The van der Waals surface area contributed by atoms with E-state index in [-0.39, 0.29) is 11.7 Å². The maximum absolute atomic E-state index is 13.7. The number of halogens is 1. The molecule has 0 fully saturated rings. The molecule has 6 nitrogen and oxygen atoms in total. The van der Waals surface area contributed by atoms with E-state index in [4.69, 9.17) is 4.74 Å². The zero-order chi connectivity index (χ0) is 21.3. The van der Waals surface area contributed by atoms with Crippen molar-refractivity contribution in [2.24, 2.45) is 0 Å². The molecular formula is C23H21FN4O2. The average molecular weight is 404 g/mol. The molecule has 2 heterocycles. The molecule has 0 saturated heterocycles. The van der Waals surface area contributed by atoms with Crippen molar-refractivity contribution in [2.75, 3.05) is 7.11 Å². The summed E-state index contributed by atoms with van der Waals surface area (Å²) in [6.45, 7) is 4.01. The number of amides is 1. The number of nitrogens with one attached hydrogen (secondary N) is 1. The predicted molar refractivity (Wildman–Crippen MR) is 112 cm³/mol. The summed E-state index contributed by atoms with van der Waals surface area (Å²) >= 11 is 0. The number of carbonyl (C=O) groups excluding carboxylic acids is 1. The highest BCUT2D eigenvalue weighted by Gasteiger charge is 2.19. The van der Waals surface area contributed by atoms with Crippen molar-refractivity contribution >= 4 is 16.9 Å². The first-order valence-electron chi connectivity index (χ1n) is 9.50. The van der Waals surface area contributed by atoms with Gasteiger partial charge in [-0.05, 0) is 55.8 Å². The Morgan fingerprint density at radius 3 is 2.60 bits per heavy atom. The first kappa shape index (κ1) is 19.6. The summed E-state index contributed by atoms with van der Waals surface area (Å²) in [7, 11) is 1.61. The monoisotopic (exact) mass is 404 g/mol. The lowest BCUT2D eigenvalue weighted by atomic mass is 10.1. The SMILES string of the molecule is COc1ccc(CNC(=O)c2cc(C)nc3c2c(C)nn3-c2cccc(F)c2)cc1. The van der Waals surface area contributed by atoms with E-state index < -0.39 is 0 Å². The molecule has 0 spiro atoms. The Kier molecular flexibility index (Phi) is 5.18. The second-order valence-electron chi connectivity index (χ2n) is 7.02. The van der Waals surface area contributed by atoms with Gasteiger partial charge in [0.25, 0.3) is 5.91 Å². The highest BCUT2D eigenvalue weighted by Crippen LogP contribution is 2.25. The van der Waals surface area contributed by atoms with Crippen LogP contribution in [-0.2, 0) is 6.54 Å². The highest BCUT2D eigenvalue weighted by atomic mass is 19.1. The maximum atomic E-state index is 13.7. The van der Waals surface area contributed by atoms with Gasteiger partial charge in [0.05, 0.1) is 29.4 Å². The number of aromatic nitrogens is 3. The van der Waals surface area contributed by atoms with E-state index in [1.54, 1.807) is 30.0 Å². The van der Waals surface area contributed by atoms with Crippen LogP contribution in [0.5, 0.6) is 5.75 Å². The molecule has 0 saturated carbocycles. The number of hydrogen-bond acceptors (Lipinski definition) is 4. The minimum atomic E-state index is -0.362. The predicted octanol–water partition coefficient (Wildman–Crippen LogP) is 4.12. The van der Waals surface area contributed by atoms with Crippen molar-refractivity contribution in [1.82, 2.24) is 20.1 Å². The molecule has 0 aliphatic rings. The number of nitrogens with zero attached hydrogens (tertiary/aromatic N) is 3. The molecule has 0 aliphatic heterocycles. The van der Waals surface area contributed by atoms with Gasteiger partial charge in [0, 0.05) is 12.2 Å². The fraction of sp³-hybridized carbons (Fsp3) is 0.174. The number of rotatable bonds is 5. The molecule has 2 aromatic carbocycles. The van der Waals surface area contributed by atoms with Crippen LogP contribution in [0.4, 0.5) is 4.39 Å². The van der Waals surface area contributed by atoms with Gasteiger partial charge >= 0.3 is 0 Å². The van der Waals surface area contributed by atoms with Gasteiger partial charge < -0.3 is 10.1 Å². The summed E-state index contributed by atoms with van der Waals surface area (Å²) < 4.78 is 20.5. The molecule has 152 valence electrons. The number of carbonyl (C=O) groups is 1. The summed E-state index contributed by atoms with van der Waals surface area (Å²) in [4.78, 5) is 17.6. The molecule has 4 rings (SSSR count). The average Bonchev–Trinajstić information content (AvgIpc) is 3.08. The third-order valence-electron chi connectivity index (χ3n) is 4.85. The van der Waals surface area contributed by atoms with E-state index >= 15 is 0 Å². The van der Waals surface area contributed by atoms with E-state index in [0.29, 0.717) is 40.2 Å². The molecule has 2 aromatic heterocycles. The fourth-order valence-electron chi connectivity index (χ4n) is 3.40. The Bertz CT molecular complexity index is 1230. The Labute approximate surface area is 173 Å². The number of methoxy groups -OCH3 is 1. The van der Waals surface area contributed by atoms with Crippen LogP contribution in [0.25, 0.3) is 16.7 Å². The molecule has 0 radical (unpaired) electrons. The van der Waals surface area contributed by atoms with Gasteiger partial charge in [-0.1, -0.05) is 18.2 Å². The molecule has 7 heteroatoms. The smallest absolute Gasteiger partial charge is 0.252 e. The largest absolute Gasteiger partial charge is 0.497 e. The van der Waals surface area contributed by atoms with Gasteiger partial charge in [-0.15, -0.1) is 0 Å². The van der Waals surface area contributed by atoms with E-state index in [2.05, 4.69) is 15.4 Å².